The van der Waals surface area contributed by atoms with Gasteiger partial charge in [-0.1, -0.05) is 24.3 Å². The molecular weight excluding hydrogens is 254 g/mol. The van der Waals surface area contributed by atoms with Crippen molar-refractivity contribution >= 4 is 5.82 Å². The maximum absolute atomic E-state index is 5.34. The molecule has 0 saturated carbocycles. The standard InChI is InChI=1S/C15H19N3O2/c1-3-20-15-8-14(17-11-18-15)16-9-12-5-4-6-13(7-12)10-19-2/h4-8,11H,3,9-10H2,1-2H3,(H,16,17,18). The molecule has 0 aliphatic rings. The number of benzene rings is 1. The van der Waals surface area contributed by atoms with E-state index in [1.165, 1.54) is 11.9 Å². The minimum absolute atomic E-state index is 0.582. The molecule has 1 aromatic heterocycles. The van der Waals surface area contributed by atoms with Crippen LogP contribution < -0.4 is 10.1 Å². The highest BCUT2D eigenvalue weighted by atomic mass is 16.5. The molecule has 0 amide bonds. The number of hydrogen-bond donors (Lipinski definition) is 1. The number of anilines is 1. The van der Waals surface area contributed by atoms with E-state index < -0.39 is 0 Å². The molecule has 0 fully saturated rings. The van der Waals surface area contributed by atoms with Gasteiger partial charge in [0.05, 0.1) is 13.2 Å². The third-order valence-corrected chi connectivity index (χ3v) is 2.71. The summed E-state index contributed by atoms with van der Waals surface area (Å²) in [5.74, 6) is 1.33. The minimum Gasteiger partial charge on any atom is -0.478 e. The first-order valence-corrected chi connectivity index (χ1v) is 6.57. The maximum atomic E-state index is 5.34. The van der Waals surface area contributed by atoms with Crippen LogP contribution in [0.2, 0.25) is 0 Å². The predicted molar refractivity (Wildman–Crippen MR) is 77.7 cm³/mol. The maximum Gasteiger partial charge on any atom is 0.218 e. The zero-order chi connectivity index (χ0) is 14.2. The molecule has 0 radical (unpaired) electrons. The molecule has 5 nitrogen and oxygen atoms in total. The van der Waals surface area contributed by atoms with Crippen molar-refractivity contribution in [2.24, 2.45) is 0 Å². The van der Waals surface area contributed by atoms with E-state index in [2.05, 4.69) is 27.4 Å². The van der Waals surface area contributed by atoms with Crippen LogP contribution in [0.4, 0.5) is 5.82 Å². The Labute approximate surface area is 119 Å². The molecule has 0 bridgehead atoms. The second kappa shape index (κ2) is 7.45. The van der Waals surface area contributed by atoms with Crippen molar-refractivity contribution < 1.29 is 9.47 Å². The van der Waals surface area contributed by atoms with Gasteiger partial charge in [0.15, 0.2) is 0 Å². The molecule has 1 aromatic carbocycles. The monoisotopic (exact) mass is 273 g/mol. The number of nitrogens with one attached hydrogen (secondary N) is 1. The number of aromatic nitrogens is 2. The van der Waals surface area contributed by atoms with Gasteiger partial charge in [0.1, 0.15) is 12.1 Å². The van der Waals surface area contributed by atoms with Crippen LogP contribution in [0.25, 0.3) is 0 Å². The van der Waals surface area contributed by atoms with Gasteiger partial charge in [-0.2, -0.15) is 0 Å². The summed E-state index contributed by atoms with van der Waals surface area (Å²) in [5.41, 5.74) is 2.33. The molecule has 0 spiro atoms. The van der Waals surface area contributed by atoms with E-state index in [-0.39, 0.29) is 0 Å². The smallest absolute Gasteiger partial charge is 0.218 e. The largest absolute Gasteiger partial charge is 0.478 e. The van der Waals surface area contributed by atoms with Crippen LogP contribution in [0.15, 0.2) is 36.7 Å². The summed E-state index contributed by atoms with van der Waals surface area (Å²) in [6.45, 7) is 3.84. The third-order valence-electron chi connectivity index (χ3n) is 2.71. The first-order chi connectivity index (χ1) is 9.81. The number of nitrogens with zero attached hydrogens (tertiary/aromatic N) is 2. The Morgan fingerprint density at radius 3 is 2.80 bits per heavy atom. The van der Waals surface area contributed by atoms with Crippen LogP contribution in [0, 0.1) is 0 Å². The molecule has 1 N–H and O–H groups in total. The van der Waals surface area contributed by atoms with E-state index in [0.29, 0.717) is 25.6 Å². The van der Waals surface area contributed by atoms with Crippen LogP contribution in [-0.2, 0) is 17.9 Å². The second-order valence-electron chi connectivity index (χ2n) is 4.28. The molecule has 5 heteroatoms. The summed E-state index contributed by atoms with van der Waals surface area (Å²) < 4.78 is 10.5. The van der Waals surface area contributed by atoms with Gasteiger partial charge in [-0.3, -0.25) is 0 Å². The van der Waals surface area contributed by atoms with Gasteiger partial charge in [-0.05, 0) is 18.1 Å². The first-order valence-electron chi connectivity index (χ1n) is 6.57. The van der Waals surface area contributed by atoms with Gasteiger partial charge in [-0.15, -0.1) is 0 Å². The van der Waals surface area contributed by atoms with Gasteiger partial charge in [0.2, 0.25) is 5.88 Å². The number of hydrogen-bond acceptors (Lipinski definition) is 5. The minimum atomic E-state index is 0.582. The summed E-state index contributed by atoms with van der Waals surface area (Å²) in [5, 5.41) is 3.26. The topological polar surface area (TPSA) is 56.3 Å². The predicted octanol–water partition coefficient (Wildman–Crippen LogP) is 2.63. The van der Waals surface area contributed by atoms with Gasteiger partial charge in [0.25, 0.3) is 0 Å². The fourth-order valence-electron chi connectivity index (χ4n) is 1.85. The highest BCUT2D eigenvalue weighted by molar-refractivity contribution is 5.38. The zero-order valence-electron chi connectivity index (χ0n) is 11.8. The number of ether oxygens (including phenoxy) is 2. The van der Waals surface area contributed by atoms with Crippen LogP contribution in [0.3, 0.4) is 0 Å². The summed E-state index contributed by atoms with van der Waals surface area (Å²) in [6, 6.07) is 10.0. The van der Waals surface area contributed by atoms with Gasteiger partial charge in [0, 0.05) is 19.7 Å². The van der Waals surface area contributed by atoms with E-state index in [1.54, 1.807) is 13.2 Å². The van der Waals surface area contributed by atoms with Crippen LogP contribution in [0.5, 0.6) is 5.88 Å². The van der Waals surface area contributed by atoms with Crippen LogP contribution in [0.1, 0.15) is 18.1 Å². The fourth-order valence-corrected chi connectivity index (χ4v) is 1.85. The molecule has 2 rings (SSSR count). The van der Waals surface area contributed by atoms with Crippen LogP contribution in [-0.4, -0.2) is 23.7 Å². The summed E-state index contributed by atoms with van der Waals surface area (Å²) in [7, 11) is 1.70. The lowest BCUT2D eigenvalue weighted by Gasteiger charge is -2.08. The molecule has 2 aromatic rings. The Kier molecular flexibility index (Phi) is 5.32. The number of methoxy groups -OCH3 is 1. The SMILES string of the molecule is CCOc1cc(NCc2cccc(COC)c2)ncn1. The molecule has 0 saturated heterocycles. The highest BCUT2D eigenvalue weighted by Gasteiger charge is 2.00. The normalized spacial score (nSPS) is 10.3. The molecule has 0 aliphatic heterocycles. The van der Waals surface area contributed by atoms with E-state index in [4.69, 9.17) is 9.47 Å². The Morgan fingerprint density at radius 2 is 2.00 bits per heavy atom. The Morgan fingerprint density at radius 1 is 1.15 bits per heavy atom. The Bertz CT molecular complexity index is 497. The quantitative estimate of drug-likeness (QED) is 0.840. The highest BCUT2D eigenvalue weighted by Crippen LogP contribution is 2.13. The zero-order valence-corrected chi connectivity index (χ0v) is 11.8. The average Bonchev–Trinajstić information content (AvgIpc) is 2.47. The van der Waals surface area contributed by atoms with Crippen molar-refractivity contribution in [3.8, 4) is 5.88 Å². The van der Waals surface area contributed by atoms with Gasteiger partial charge < -0.3 is 14.8 Å². The van der Waals surface area contributed by atoms with Crippen molar-refractivity contribution in [2.45, 2.75) is 20.1 Å². The van der Waals surface area contributed by atoms with Crippen molar-refractivity contribution in [3.63, 3.8) is 0 Å². The first kappa shape index (κ1) is 14.3. The fraction of sp³-hybridized carbons (Fsp3) is 0.333. The summed E-state index contributed by atoms with van der Waals surface area (Å²) >= 11 is 0. The molecule has 0 atom stereocenters. The molecule has 106 valence electrons. The second-order valence-corrected chi connectivity index (χ2v) is 4.28. The Hall–Kier alpha value is -2.14. The van der Waals surface area contributed by atoms with E-state index in [1.807, 2.05) is 19.1 Å². The van der Waals surface area contributed by atoms with E-state index >= 15 is 0 Å². The molecule has 20 heavy (non-hydrogen) atoms. The lowest BCUT2D eigenvalue weighted by atomic mass is 10.1. The summed E-state index contributed by atoms with van der Waals surface area (Å²) in [4.78, 5) is 8.20. The Balaban J connectivity index is 1.97. The average molecular weight is 273 g/mol. The molecule has 0 aliphatic carbocycles. The van der Waals surface area contributed by atoms with Crippen molar-refractivity contribution in [2.75, 3.05) is 19.0 Å². The van der Waals surface area contributed by atoms with Gasteiger partial charge >= 0.3 is 0 Å². The lowest BCUT2D eigenvalue weighted by Crippen LogP contribution is -2.03. The van der Waals surface area contributed by atoms with Crippen molar-refractivity contribution in [3.05, 3.63) is 47.8 Å². The number of rotatable bonds is 7. The van der Waals surface area contributed by atoms with E-state index in [9.17, 15) is 0 Å². The van der Waals surface area contributed by atoms with E-state index in [0.717, 1.165) is 11.4 Å². The van der Waals surface area contributed by atoms with Crippen molar-refractivity contribution in [1.29, 1.82) is 0 Å². The molecule has 1 heterocycles. The molecule has 0 unspecified atom stereocenters. The summed E-state index contributed by atoms with van der Waals surface area (Å²) in [6.07, 6.45) is 1.49. The van der Waals surface area contributed by atoms with Crippen LogP contribution >= 0.6 is 0 Å². The van der Waals surface area contributed by atoms with Gasteiger partial charge in [-0.25, -0.2) is 9.97 Å². The molecular formula is C15H19N3O2. The lowest BCUT2D eigenvalue weighted by molar-refractivity contribution is 0.185. The third kappa shape index (κ3) is 4.20. The van der Waals surface area contributed by atoms with Crippen molar-refractivity contribution in [1.82, 2.24) is 9.97 Å².